The summed E-state index contributed by atoms with van der Waals surface area (Å²) in [5.74, 6) is 0.259. The van der Waals surface area contributed by atoms with Crippen LogP contribution in [0.2, 0.25) is 0 Å². The maximum Gasteiger partial charge on any atom is 0.251 e. The Hall–Kier alpha value is -3.26. The van der Waals surface area contributed by atoms with E-state index in [1.165, 1.54) is 24.3 Å². The van der Waals surface area contributed by atoms with Gasteiger partial charge in [-0.1, -0.05) is 12.1 Å². The zero-order chi connectivity index (χ0) is 21.6. The molecule has 1 saturated heterocycles. The predicted molar refractivity (Wildman–Crippen MR) is 114 cm³/mol. The van der Waals surface area contributed by atoms with Crippen molar-refractivity contribution in [2.24, 2.45) is 0 Å². The van der Waals surface area contributed by atoms with E-state index in [0.29, 0.717) is 51.3 Å². The zero-order valence-corrected chi connectivity index (χ0v) is 17.2. The van der Waals surface area contributed by atoms with Gasteiger partial charge < -0.3 is 19.5 Å². The summed E-state index contributed by atoms with van der Waals surface area (Å²) in [6.45, 7) is 3.04. The Labute approximate surface area is 179 Å². The molecule has 2 amide bonds. The van der Waals surface area contributed by atoms with Crippen LogP contribution in [0, 0.1) is 5.82 Å². The van der Waals surface area contributed by atoms with Crippen molar-refractivity contribution in [1.29, 1.82) is 0 Å². The fourth-order valence-corrected chi connectivity index (χ4v) is 3.69. The van der Waals surface area contributed by atoms with Gasteiger partial charge >= 0.3 is 0 Å². The number of amides is 2. The van der Waals surface area contributed by atoms with Gasteiger partial charge in [-0.3, -0.25) is 9.59 Å². The molecule has 1 N–H and O–H groups in total. The SMILES string of the molecule is O=C(NCCCc1nc2ccccc2n1CC(=O)N1CCOCC1)c1ccc(F)cc1. The topological polar surface area (TPSA) is 76.5 Å². The number of aromatic nitrogens is 2. The van der Waals surface area contributed by atoms with Crippen LogP contribution < -0.4 is 5.32 Å². The third-order valence-corrected chi connectivity index (χ3v) is 5.36. The molecule has 0 unspecified atom stereocenters. The molecule has 1 aliphatic rings. The smallest absolute Gasteiger partial charge is 0.251 e. The van der Waals surface area contributed by atoms with E-state index in [1.54, 1.807) is 0 Å². The van der Waals surface area contributed by atoms with Gasteiger partial charge in [0.15, 0.2) is 0 Å². The van der Waals surface area contributed by atoms with E-state index in [2.05, 4.69) is 5.32 Å². The second-order valence-corrected chi connectivity index (χ2v) is 7.46. The summed E-state index contributed by atoms with van der Waals surface area (Å²) in [4.78, 5) is 31.5. The van der Waals surface area contributed by atoms with Gasteiger partial charge in [-0.2, -0.15) is 0 Å². The molecule has 2 heterocycles. The average molecular weight is 424 g/mol. The lowest BCUT2D eigenvalue weighted by Gasteiger charge is -2.27. The number of halogens is 1. The molecule has 1 aliphatic heterocycles. The van der Waals surface area contributed by atoms with Crippen LogP contribution >= 0.6 is 0 Å². The molecule has 2 aromatic carbocycles. The van der Waals surface area contributed by atoms with E-state index in [-0.39, 0.29) is 24.2 Å². The number of carbonyl (C=O) groups is 2. The molecule has 0 spiro atoms. The summed E-state index contributed by atoms with van der Waals surface area (Å²) < 4.78 is 20.3. The minimum atomic E-state index is -0.373. The molecule has 0 radical (unpaired) electrons. The number of carbonyl (C=O) groups excluding carboxylic acids is 2. The number of para-hydroxylation sites is 2. The van der Waals surface area contributed by atoms with Crippen LogP contribution in [0.1, 0.15) is 22.6 Å². The summed E-state index contributed by atoms with van der Waals surface area (Å²) in [5.41, 5.74) is 2.20. The average Bonchev–Trinajstić information content (AvgIpc) is 3.15. The molecule has 0 atom stereocenters. The van der Waals surface area contributed by atoms with Gasteiger partial charge in [0.05, 0.1) is 24.2 Å². The molecule has 4 rings (SSSR count). The van der Waals surface area contributed by atoms with Crippen LogP contribution in [0.4, 0.5) is 4.39 Å². The van der Waals surface area contributed by atoms with Crippen LogP contribution in [-0.2, 0) is 22.5 Å². The lowest BCUT2D eigenvalue weighted by atomic mass is 10.2. The number of nitrogens with zero attached hydrogens (tertiary/aromatic N) is 3. The number of hydrogen-bond donors (Lipinski definition) is 1. The second-order valence-electron chi connectivity index (χ2n) is 7.46. The maximum atomic E-state index is 13.0. The molecule has 31 heavy (non-hydrogen) atoms. The molecule has 1 aromatic heterocycles. The van der Waals surface area contributed by atoms with Crippen molar-refractivity contribution in [1.82, 2.24) is 19.8 Å². The fraction of sp³-hybridized carbons (Fsp3) is 0.348. The first-order valence-corrected chi connectivity index (χ1v) is 10.5. The molecule has 7 nitrogen and oxygen atoms in total. The van der Waals surface area contributed by atoms with Gasteiger partial charge in [-0.25, -0.2) is 9.37 Å². The van der Waals surface area contributed by atoms with Crippen LogP contribution in [0.25, 0.3) is 11.0 Å². The summed E-state index contributed by atoms with van der Waals surface area (Å²) in [6, 6.07) is 13.2. The summed E-state index contributed by atoms with van der Waals surface area (Å²) >= 11 is 0. The molecule has 0 bridgehead atoms. The van der Waals surface area contributed by atoms with Crippen LogP contribution in [0.15, 0.2) is 48.5 Å². The lowest BCUT2D eigenvalue weighted by Crippen LogP contribution is -2.42. The molecular weight excluding hydrogens is 399 g/mol. The number of fused-ring (bicyclic) bond motifs is 1. The monoisotopic (exact) mass is 424 g/mol. The summed E-state index contributed by atoms with van der Waals surface area (Å²) in [5, 5.41) is 2.85. The van der Waals surface area contributed by atoms with E-state index >= 15 is 0 Å². The highest BCUT2D eigenvalue weighted by atomic mass is 19.1. The molecule has 3 aromatic rings. The third-order valence-electron chi connectivity index (χ3n) is 5.36. The standard InChI is InChI=1S/C23H25FN4O3/c24-18-9-7-17(8-10-18)23(30)25-11-3-6-21-26-19-4-1-2-5-20(19)28(21)16-22(29)27-12-14-31-15-13-27/h1-2,4-5,7-10H,3,6,11-16H2,(H,25,30). The normalized spacial score (nSPS) is 14.0. The number of morpholine rings is 1. The quantitative estimate of drug-likeness (QED) is 0.591. The number of aryl methyl sites for hydroxylation is 1. The number of ether oxygens (including phenoxy) is 1. The fourth-order valence-electron chi connectivity index (χ4n) is 3.69. The highest BCUT2D eigenvalue weighted by Crippen LogP contribution is 2.18. The molecule has 0 saturated carbocycles. The van der Waals surface area contributed by atoms with Crippen molar-refractivity contribution < 1.29 is 18.7 Å². The number of nitrogens with one attached hydrogen (secondary N) is 1. The van der Waals surface area contributed by atoms with Crippen LogP contribution in [0.5, 0.6) is 0 Å². The summed E-state index contributed by atoms with van der Waals surface area (Å²) in [7, 11) is 0. The highest BCUT2D eigenvalue weighted by molar-refractivity contribution is 5.94. The number of rotatable bonds is 7. The molecular formula is C23H25FN4O3. The first-order chi connectivity index (χ1) is 15.1. The van der Waals surface area contributed by atoms with Gasteiger partial charge in [0, 0.05) is 31.6 Å². The minimum absolute atomic E-state index is 0.0531. The van der Waals surface area contributed by atoms with Gasteiger partial charge in [0.1, 0.15) is 18.2 Å². The van der Waals surface area contributed by atoms with Crippen molar-refractivity contribution in [3.8, 4) is 0 Å². The first-order valence-electron chi connectivity index (χ1n) is 10.5. The van der Waals surface area contributed by atoms with Crippen molar-refractivity contribution in [2.75, 3.05) is 32.8 Å². The predicted octanol–water partition coefficient (Wildman–Crippen LogP) is 2.40. The van der Waals surface area contributed by atoms with E-state index in [1.807, 2.05) is 33.7 Å². The van der Waals surface area contributed by atoms with Crippen LogP contribution in [-0.4, -0.2) is 59.1 Å². The summed E-state index contributed by atoms with van der Waals surface area (Å²) in [6.07, 6.45) is 1.29. The number of imidazole rings is 1. The van der Waals surface area contributed by atoms with E-state index in [4.69, 9.17) is 9.72 Å². The second kappa shape index (κ2) is 9.70. The van der Waals surface area contributed by atoms with Crippen molar-refractivity contribution in [2.45, 2.75) is 19.4 Å². The van der Waals surface area contributed by atoms with E-state index in [9.17, 15) is 14.0 Å². The zero-order valence-electron chi connectivity index (χ0n) is 17.2. The first kappa shape index (κ1) is 21.0. The highest BCUT2D eigenvalue weighted by Gasteiger charge is 2.20. The molecule has 1 fully saturated rings. The molecule has 162 valence electrons. The Bertz CT molecular complexity index is 1060. The number of benzene rings is 2. The van der Waals surface area contributed by atoms with E-state index in [0.717, 1.165) is 16.9 Å². The minimum Gasteiger partial charge on any atom is -0.378 e. The Morgan fingerprint density at radius 1 is 1.06 bits per heavy atom. The van der Waals surface area contributed by atoms with Crippen LogP contribution in [0.3, 0.4) is 0 Å². The van der Waals surface area contributed by atoms with Crippen molar-refractivity contribution >= 4 is 22.8 Å². The Balaban J connectivity index is 1.39. The van der Waals surface area contributed by atoms with Gasteiger partial charge in [0.25, 0.3) is 5.91 Å². The van der Waals surface area contributed by atoms with Gasteiger partial charge in [0.2, 0.25) is 5.91 Å². The Kier molecular flexibility index (Phi) is 6.57. The maximum absolute atomic E-state index is 13.0. The lowest BCUT2D eigenvalue weighted by molar-refractivity contribution is -0.135. The van der Waals surface area contributed by atoms with Gasteiger partial charge in [-0.05, 0) is 42.8 Å². The van der Waals surface area contributed by atoms with Gasteiger partial charge in [-0.15, -0.1) is 0 Å². The Morgan fingerprint density at radius 2 is 1.81 bits per heavy atom. The van der Waals surface area contributed by atoms with Crippen molar-refractivity contribution in [3.63, 3.8) is 0 Å². The largest absolute Gasteiger partial charge is 0.378 e. The van der Waals surface area contributed by atoms with Crippen molar-refractivity contribution in [3.05, 3.63) is 65.7 Å². The third kappa shape index (κ3) is 5.08. The Morgan fingerprint density at radius 3 is 2.58 bits per heavy atom. The molecule has 0 aliphatic carbocycles. The number of hydrogen-bond acceptors (Lipinski definition) is 4. The molecule has 8 heteroatoms. The van der Waals surface area contributed by atoms with E-state index < -0.39 is 0 Å².